The average molecular weight is 1570 g/mol. The molecule has 3 N–H and O–H groups in total. The number of halogens is 4. The molecule has 0 radical (unpaired) electrons. The van der Waals surface area contributed by atoms with Crippen LogP contribution >= 0.6 is 68.8 Å². The number of anilines is 8. The molecule has 6 aromatic carbocycles. The number of hydrogen-bond donors (Lipinski definition) is 3. The van der Waals surface area contributed by atoms with Gasteiger partial charge in [-0.1, -0.05) is 53.0 Å². The maximum atomic E-state index is 14.1. The molecule has 5 fully saturated rings. The van der Waals surface area contributed by atoms with Crippen LogP contribution in [0.3, 0.4) is 0 Å². The molecule has 0 aliphatic carbocycles. The van der Waals surface area contributed by atoms with E-state index in [2.05, 4.69) is 50.7 Å². The number of piperazine rings is 1. The number of nitrogens with one attached hydrogen (secondary N) is 3. The molecule has 546 valence electrons. The molecule has 6 aliphatic rings. The first kappa shape index (κ1) is 72.5. The minimum Gasteiger partial charge on any atom is -0.378 e. The number of aryl methyl sites for hydroxylation is 1. The fourth-order valence-electron chi connectivity index (χ4n) is 13.6. The number of hydrogen-bond acceptors (Lipinski definition) is 20. The van der Waals surface area contributed by atoms with Gasteiger partial charge < -0.3 is 29.2 Å². The van der Waals surface area contributed by atoms with Crippen LogP contribution in [0.15, 0.2) is 177 Å². The number of morpholine rings is 1. The fourth-order valence-corrected chi connectivity index (χ4v) is 19.4. The minimum absolute atomic E-state index is 0. The van der Waals surface area contributed by atoms with Crippen LogP contribution in [-0.2, 0) is 61.2 Å². The van der Waals surface area contributed by atoms with Crippen molar-refractivity contribution in [3.05, 3.63) is 200 Å². The Balaban J connectivity index is 0.000000220. The Kier molecular flexibility index (Phi) is 21.7. The summed E-state index contributed by atoms with van der Waals surface area (Å²) in [6.45, 7) is 11.0. The first-order valence-corrected chi connectivity index (χ1v) is 40.8. The molecule has 4 atom stereocenters. The van der Waals surface area contributed by atoms with Crippen molar-refractivity contribution in [3.63, 3.8) is 0 Å². The van der Waals surface area contributed by atoms with Gasteiger partial charge in [0.1, 0.15) is 11.9 Å². The van der Waals surface area contributed by atoms with Crippen molar-refractivity contribution in [2.45, 2.75) is 77.9 Å². The second-order valence-electron chi connectivity index (χ2n) is 25.0. The Morgan fingerprint density at radius 1 is 0.529 bits per heavy atom. The van der Waals surface area contributed by atoms with Crippen LogP contribution in [0.1, 0.15) is 51.4 Å². The summed E-state index contributed by atoms with van der Waals surface area (Å²) in [6, 6.07) is 34.9. The molecular formula is C69H81Cl3FN13O10S6. The molecule has 102 heavy (non-hydrogen) atoms. The highest BCUT2D eigenvalue weighted by Gasteiger charge is 2.47. The van der Waals surface area contributed by atoms with Crippen LogP contribution in [-0.4, -0.2) is 158 Å². The van der Waals surface area contributed by atoms with Gasteiger partial charge in [-0.05, 0) is 165 Å². The fraction of sp³-hybridized carbons (Fsp3) is 0.304. The third kappa shape index (κ3) is 15.7. The predicted octanol–water partition coefficient (Wildman–Crippen LogP) is 13.2. The Morgan fingerprint density at radius 2 is 0.980 bits per heavy atom. The number of nitrogens with zero attached hydrogens (tertiary/aromatic N) is 10. The molecule has 3 aromatic heterocycles. The third-order valence-corrected chi connectivity index (χ3v) is 26.4. The first-order chi connectivity index (χ1) is 48.9. The second-order valence-corrected chi connectivity index (χ2v) is 34.0. The van der Waals surface area contributed by atoms with Crippen molar-refractivity contribution in [1.29, 1.82) is 0 Å². The highest BCUT2D eigenvalue weighted by molar-refractivity contribution is 7.93. The number of carbonyl (C=O) groups excluding carboxylic acids is 3. The van der Waals surface area contributed by atoms with Gasteiger partial charge in [0.05, 0.1) is 55.6 Å². The van der Waals surface area contributed by atoms with E-state index in [1.807, 2.05) is 47.4 Å². The Hall–Kier alpha value is -7.85. The van der Waals surface area contributed by atoms with E-state index in [-0.39, 0.29) is 64.9 Å². The van der Waals surface area contributed by atoms with E-state index in [4.69, 9.17) is 39.5 Å². The Bertz CT molecular complexity index is 4900. The van der Waals surface area contributed by atoms with Gasteiger partial charge in [-0.15, -0.1) is 34.0 Å². The van der Waals surface area contributed by atoms with Gasteiger partial charge in [0.25, 0.3) is 30.1 Å². The van der Waals surface area contributed by atoms with Crippen LogP contribution in [0.25, 0.3) is 0 Å². The molecule has 23 nitrogen and oxygen atoms in total. The van der Waals surface area contributed by atoms with Gasteiger partial charge in [0, 0.05) is 136 Å². The zero-order valence-corrected chi connectivity index (χ0v) is 62.1. The number of amides is 3. The van der Waals surface area contributed by atoms with E-state index >= 15 is 0 Å². The Labute approximate surface area is 626 Å². The number of benzene rings is 6. The lowest BCUT2D eigenvalue weighted by atomic mass is 9.88. The van der Waals surface area contributed by atoms with Crippen molar-refractivity contribution in [2.75, 3.05) is 111 Å². The maximum Gasteiger partial charge on any atom is 0.263 e. The first-order valence-electron chi connectivity index (χ1n) is 32.5. The number of fused-ring (bicyclic) bond motifs is 1. The lowest BCUT2D eigenvalue weighted by Gasteiger charge is -2.47. The van der Waals surface area contributed by atoms with E-state index in [0.717, 1.165) is 61.5 Å². The van der Waals surface area contributed by atoms with Crippen LogP contribution < -0.4 is 38.7 Å². The van der Waals surface area contributed by atoms with Gasteiger partial charge in [-0.2, -0.15) is 0 Å². The summed E-state index contributed by atoms with van der Waals surface area (Å²) in [5.74, 6) is -0.274. The van der Waals surface area contributed by atoms with Crippen LogP contribution in [0.5, 0.6) is 0 Å². The van der Waals surface area contributed by atoms with Crippen molar-refractivity contribution in [1.82, 2.24) is 24.8 Å². The van der Waals surface area contributed by atoms with Crippen molar-refractivity contribution >= 4 is 160 Å². The summed E-state index contributed by atoms with van der Waals surface area (Å²) in [7, 11) is -11.2. The zero-order chi connectivity index (χ0) is 71.7. The van der Waals surface area contributed by atoms with E-state index in [1.165, 1.54) is 95.1 Å². The van der Waals surface area contributed by atoms with Crippen LogP contribution in [0.4, 0.5) is 48.2 Å². The largest absolute Gasteiger partial charge is 0.378 e. The van der Waals surface area contributed by atoms with Gasteiger partial charge >= 0.3 is 0 Å². The van der Waals surface area contributed by atoms with E-state index < -0.39 is 35.6 Å². The van der Waals surface area contributed by atoms with Gasteiger partial charge in [0.2, 0.25) is 17.7 Å². The number of ether oxygens (including phenoxy) is 1. The molecule has 0 saturated carbocycles. The summed E-state index contributed by atoms with van der Waals surface area (Å²) >= 11 is 21.9. The quantitative estimate of drug-likeness (QED) is 0.0765. The number of thiazole rings is 3. The van der Waals surface area contributed by atoms with Crippen molar-refractivity contribution in [2.24, 2.45) is 0 Å². The van der Waals surface area contributed by atoms with E-state index in [1.54, 1.807) is 80.2 Å². The van der Waals surface area contributed by atoms with Gasteiger partial charge in [-0.3, -0.25) is 38.3 Å². The topological polar surface area (TPSA) is 260 Å². The van der Waals surface area contributed by atoms with Gasteiger partial charge in [-0.25, -0.2) is 44.6 Å². The number of sulfonamides is 3. The number of rotatable bonds is 17. The molecule has 9 heterocycles. The van der Waals surface area contributed by atoms with Crippen molar-refractivity contribution < 1.29 is 57.3 Å². The third-order valence-electron chi connectivity index (χ3n) is 18.9. The smallest absolute Gasteiger partial charge is 0.263 e. The predicted molar refractivity (Wildman–Crippen MR) is 412 cm³/mol. The summed E-state index contributed by atoms with van der Waals surface area (Å²) < 4.78 is 103. The lowest BCUT2D eigenvalue weighted by molar-refractivity contribution is -0.132. The number of carbonyl (C=O) groups is 3. The van der Waals surface area contributed by atoms with Crippen molar-refractivity contribution in [3.8, 4) is 0 Å². The minimum atomic E-state index is -3.75. The van der Waals surface area contributed by atoms with E-state index in [0.29, 0.717) is 112 Å². The Morgan fingerprint density at radius 3 is 1.45 bits per heavy atom. The molecule has 2 unspecified atom stereocenters. The monoisotopic (exact) mass is 1570 g/mol. The molecule has 15 rings (SSSR count). The standard InChI is InChI=1S/C24H25ClN4O4S2.C23H23Cl2N5O3S2.C22H21FN4O3S2.6H2/c1-24(17-2-4-18(25)5-3-17)16-33-14-13-29(24)21-10-12-28(22(21)30)19-6-8-20(9-7-19)35(31,32)27-23-26-11-15-34-23;24-19-6-3-17(15-20(19)25)28-10-12-29(13-11-28)21-7-9-30(22(21)31)16-1-4-18(5-2-16)35(32,33)27-23-26-8-14-34-23;1-14-12-15-6-9-27(20(15)13-18(14)23)19-7-10-26(21(19)28)16-2-4-17(5-3-16)32(29,30)25-22-24-8-11-31-22;;;;;;/h2-9,11,15,21H,10,12-14,16H2,1H3,(H,26,27);1-6,8,14-15,21H,7,9-13H2,(H,26,27);2-5,8,11-13,19H,6-7,9-10H2,1H3,(H,24,25);6*1H/t21-,24?;;19-;;;;;;/m0.0....../s1. The molecule has 5 saturated heterocycles. The molecule has 0 spiro atoms. The molecule has 3 amide bonds. The normalized spacial score (nSPS) is 20.5. The highest BCUT2D eigenvalue weighted by atomic mass is 35.5. The van der Waals surface area contributed by atoms with Crippen LogP contribution in [0, 0.1) is 12.7 Å². The highest BCUT2D eigenvalue weighted by Crippen LogP contribution is 2.40. The molecule has 6 aliphatic heterocycles. The molecule has 33 heteroatoms. The van der Waals surface area contributed by atoms with Crippen LogP contribution in [0.2, 0.25) is 15.1 Å². The second kappa shape index (κ2) is 30.5. The zero-order valence-electron chi connectivity index (χ0n) is 54.9. The summed E-state index contributed by atoms with van der Waals surface area (Å²) in [5, 5.41) is 7.72. The lowest BCUT2D eigenvalue weighted by Crippen LogP contribution is -2.58. The van der Waals surface area contributed by atoms with E-state index in [9.17, 15) is 44.0 Å². The molecule has 9 aromatic rings. The molecular weight excluding hydrogens is 1490 g/mol. The summed E-state index contributed by atoms with van der Waals surface area (Å²) in [5.41, 5.74) is 6.10. The summed E-state index contributed by atoms with van der Waals surface area (Å²) in [4.78, 5) is 66.0. The summed E-state index contributed by atoms with van der Waals surface area (Å²) in [6.07, 6.45) is 7.42. The van der Waals surface area contributed by atoms with Gasteiger partial charge in [0.15, 0.2) is 15.4 Å². The number of aromatic nitrogens is 3. The molecule has 0 bridgehead atoms. The average Bonchev–Trinajstić information content (AvgIpc) is 1.54. The SMILES string of the molecule is CC1(c2ccc(Cl)cc2)COCCN1[C@H]1CCN(c2ccc(S(=O)(=O)Nc3nccs3)cc2)C1=O.Cc1cc2c(cc1F)N([C@H]1CCN(c3ccc(S(=O)(=O)Nc4nccs4)cc3)C1=O)CC2.O=C1C(N2CCN(c3ccc(Cl)c(Cl)c3)CC2)CCN1c1ccc(S(=O)(=O)Nc2nccs2)cc1.[HH].[HH].[HH].[HH].[HH].[HH]. The maximum absolute atomic E-state index is 14.1.